The van der Waals surface area contributed by atoms with Gasteiger partial charge in [0.15, 0.2) is 0 Å². The molecular formula is C17H24N2O4S. The molecule has 1 fully saturated rings. The van der Waals surface area contributed by atoms with Gasteiger partial charge in [0.2, 0.25) is 0 Å². The zero-order valence-electron chi connectivity index (χ0n) is 14.3. The standard InChI is InChI=1S/C17H24N2O4S/c1-12(2)9-14(15(20)22-3)24-19-16(21)23-17(6-7-17)10-13-5-4-8-18-11-13/h4-5,8,11-12,14H,6-7,9-10H2,1-3H3,(H,19,21)/t14-/m0/s1. The molecule has 1 amide bonds. The van der Waals surface area contributed by atoms with Gasteiger partial charge in [0.25, 0.3) is 0 Å². The minimum atomic E-state index is -0.515. The molecule has 1 aromatic heterocycles. The molecule has 1 aromatic rings. The van der Waals surface area contributed by atoms with Gasteiger partial charge < -0.3 is 9.47 Å². The smallest absolute Gasteiger partial charge is 0.417 e. The van der Waals surface area contributed by atoms with Crippen molar-refractivity contribution in [2.45, 2.75) is 50.4 Å². The highest BCUT2D eigenvalue weighted by Crippen LogP contribution is 2.42. The highest BCUT2D eigenvalue weighted by atomic mass is 32.2. The van der Waals surface area contributed by atoms with E-state index in [0.29, 0.717) is 18.8 Å². The van der Waals surface area contributed by atoms with E-state index in [9.17, 15) is 9.59 Å². The maximum absolute atomic E-state index is 12.1. The van der Waals surface area contributed by atoms with E-state index < -0.39 is 16.9 Å². The van der Waals surface area contributed by atoms with E-state index in [1.165, 1.54) is 7.11 Å². The molecule has 0 spiro atoms. The van der Waals surface area contributed by atoms with E-state index in [-0.39, 0.29) is 5.97 Å². The molecule has 7 heteroatoms. The van der Waals surface area contributed by atoms with E-state index in [0.717, 1.165) is 30.4 Å². The SMILES string of the molecule is COC(=O)[C@H](CC(C)C)SNC(=O)OC1(Cc2cccnc2)CC1. The average molecular weight is 352 g/mol. The zero-order chi connectivity index (χ0) is 17.6. The molecule has 2 rings (SSSR count). The van der Waals surface area contributed by atoms with Crippen molar-refractivity contribution in [2.24, 2.45) is 5.92 Å². The first-order valence-electron chi connectivity index (χ1n) is 8.05. The van der Waals surface area contributed by atoms with Crippen molar-refractivity contribution in [1.82, 2.24) is 9.71 Å². The summed E-state index contributed by atoms with van der Waals surface area (Å²) >= 11 is 1.05. The maximum atomic E-state index is 12.1. The Morgan fingerprint density at radius 3 is 2.71 bits per heavy atom. The third-order valence-electron chi connectivity index (χ3n) is 3.80. The molecular weight excluding hydrogens is 328 g/mol. The Morgan fingerprint density at radius 1 is 1.42 bits per heavy atom. The topological polar surface area (TPSA) is 77.5 Å². The van der Waals surface area contributed by atoms with E-state index in [2.05, 4.69) is 9.71 Å². The lowest BCUT2D eigenvalue weighted by atomic mass is 10.1. The number of hydrogen-bond acceptors (Lipinski definition) is 6. The van der Waals surface area contributed by atoms with Gasteiger partial charge in [-0.1, -0.05) is 19.9 Å². The fraction of sp³-hybridized carbons (Fsp3) is 0.588. The summed E-state index contributed by atoms with van der Waals surface area (Å²) in [6, 6.07) is 3.84. The highest BCUT2D eigenvalue weighted by molar-refractivity contribution is 7.99. The molecule has 0 radical (unpaired) electrons. The summed E-state index contributed by atoms with van der Waals surface area (Å²) in [6.45, 7) is 4.03. The van der Waals surface area contributed by atoms with Gasteiger partial charge >= 0.3 is 12.1 Å². The molecule has 0 saturated heterocycles. The van der Waals surface area contributed by atoms with Crippen LogP contribution in [0.2, 0.25) is 0 Å². The van der Waals surface area contributed by atoms with Crippen LogP contribution in [0.15, 0.2) is 24.5 Å². The fourth-order valence-corrected chi connectivity index (χ4v) is 3.37. The Hall–Kier alpha value is -1.76. The molecule has 0 aromatic carbocycles. The third kappa shape index (κ3) is 5.70. The van der Waals surface area contributed by atoms with Gasteiger partial charge in [-0.25, -0.2) is 4.79 Å². The van der Waals surface area contributed by atoms with Crippen LogP contribution in [0.3, 0.4) is 0 Å². The van der Waals surface area contributed by atoms with Gasteiger partial charge in [-0.05, 0) is 48.8 Å². The molecule has 24 heavy (non-hydrogen) atoms. The Balaban J connectivity index is 1.82. The van der Waals surface area contributed by atoms with Crippen LogP contribution in [0, 0.1) is 5.92 Å². The van der Waals surface area contributed by atoms with Crippen molar-refractivity contribution in [2.75, 3.05) is 7.11 Å². The van der Waals surface area contributed by atoms with E-state index >= 15 is 0 Å². The van der Waals surface area contributed by atoms with Crippen molar-refractivity contribution in [3.63, 3.8) is 0 Å². The van der Waals surface area contributed by atoms with Gasteiger partial charge in [-0.15, -0.1) is 0 Å². The quantitative estimate of drug-likeness (QED) is 0.572. The van der Waals surface area contributed by atoms with Crippen molar-refractivity contribution in [3.8, 4) is 0 Å². The summed E-state index contributed by atoms with van der Waals surface area (Å²) in [7, 11) is 1.35. The second-order valence-corrected chi connectivity index (χ2v) is 7.48. The Bertz CT molecular complexity index is 561. The lowest BCUT2D eigenvalue weighted by Gasteiger charge is -2.19. The number of nitrogens with one attached hydrogen (secondary N) is 1. The van der Waals surface area contributed by atoms with Crippen LogP contribution in [0.1, 0.15) is 38.7 Å². The van der Waals surface area contributed by atoms with E-state index in [1.54, 1.807) is 12.4 Å². The molecule has 0 aliphatic heterocycles. The van der Waals surface area contributed by atoms with Crippen LogP contribution in [-0.4, -0.2) is 35.0 Å². The molecule has 1 aliphatic carbocycles. The van der Waals surface area contributed by atoms with Gasteiger partial charge in [-0.3, -0.25) is 14.5 Å². The minimum Gasteiger partial charge on any atom is -0.468 e. The number of amides is 1. The first-order valence-corrected chi connectivity index (χ1v) is 8.93. The van der Waals surface area contributed by atoms with Crippen molar-refractivity contribution in [1.29, 1.82) is 0 Å². The van der Waals surface area contributed by atoms with Crippen LogP contribution in [0.5, 0.6) is 0 Å². The maximum Gasteiger partial charge on any atom is 0.417 e. The van der Waals surface area contributed by atoms with Crippen molar-refractivity contribution >= 4 is 24.0 Å². The van der Waals surface area contributed by atoms with Crippen LogP contribution < -0.4 is 4.72 Å². The number of ether oxygens (including phenoxy) is 2. The number of methoxy groups -OCH3 is 1. The predicted octanol–water partition coefficient (Wildman–Crippen LogP) is 3.12. The first-order chi connectivity index (χ1) is 11.4. The largest absolute Gasteiger partial charge is 0.468 e. The molecule has 1 aliphatic rings. The van der Waals surface area contributed by atoms with Crippen LogP contribution in [0.25, 0.3) is 0 Å². The minimum absolute atomic E-state index is 0.319. The summed E-state index contributed by atoms with van der Waals surface area (Å²) in [5.74, 6) is -0.0229. The number of aromatic nitrogens is 1. The number of hydrogen-bond donors (Lipinski definition) is 1. The van der Waals surface area contributed by atoms with Crippen LogP contribution in [0.4, 0.5) is 4.79 Å². The van der Waals surface area contributed by atoms with E-state index in [4.69, 9.17) is 9.47 Å². The summed E-state index contributed by atoms with van der Waals surface area (Å²) in [4.78, 5) is 27.9. The first kappa shape index (κ1) is 18.6. The zero-order valence-corrected chi connectivity index (χ0v) is 15.1. The predicted molar refractivity (Wildman–Crippen MR) is 92.4 cm³/mol. The second-order valence-electron chi connectivity index (χ2n) is 6.47. The molecule has 1 atom stereocenters. The number of rotatable bonds is 8. The number of esters is 1. The monoisotopic (exact) mass is 352 g/mol. The molecule has 0 unspecified atom stereocenters. The molecule has 1 saturated carbocycles. The summed E-state index contributed by atoms with van der Waals surface area (Å²) in [5, 5.41) is -0.434. The van der Waals surface area contributed by atoms with E-state index in [1.807, 2.05) is 26.0 Å². The molecule has 0 bridgehead atoms. The van der Waals surface area contributed by atoms with Crippen molar-refractivity contribution < 1.29 is 19.1 Å². The Kier molecular flexibility index (Phi) is 6.48. The molecule has 1 heterocycles. The highest BCUT2D eigenvalue weighted by Gasteiger charge is 2.47. The number of nitrogens with zero attached hydrogens (tertiary/aromatic N) is 1. The van der Waals surface area contributed by atoms with Crippen LogP contribution in [-0.2, 0) is 20.7 Å². The summed E-state index contributed by atoms with van der Waals surface area (Å²) in [5.41, 5.74) is 0.606. The van der Waals surface area contributed by atoms with Gasteiger partial charge in [0, 0.05) is 18.8 Å². The summed E-state index contributed by atoms with van der Waals surface area (Å²) < 4.78 is 13.0. The number of carbonyl (C=O) groups excluding carboxylic acids is 2. The molecule has 132 valence electrons. The van der Waals surface area contributed by atoms with Gasteiger partial charge in [-0.2, -0.15) is 0 Å². The number of pyridine rings is 1. The fourth-order valence-electron chi connectivity index (χ4n) is 2.42. The third-order valence-corrected chi connectivity index (χ3v) is 4.75. The Morgan fingerprint density at radius 2 is 2.17 bits per heavy atom. The average Bonchev–Trinajstić information content (AvgIpc) is 3.30. The summed E-state index contributed by atoms with van der Waals surface area (Å²) in [6.07, 6.45) is 5.95. The normalized spacial score (nSPS) is 16.3. The second kappa shape index (κ2) is 8.37. The molecule has 1 N–H and O–H groups in total. The Labute approximate surface area is 146 Å². The van der Waals surface area contributed by atoms with Gasteiger partial charge in [0.05, 0.1) is 7.11 Å². The number of carbonyl (C=O) groups is 2. The van der Waals surface area contributed by atoms with Gasteiger partial charge in [0.1, 0.15) is 10.9 Å². The van der Waals surface area contributed by atoms with Crippen LogP contribution >= 0.6 is 11.9 Å². The lowest BCUT2D eigenvalue weighted by Crippen LogP contribution is -2.31. The lowest BCUT2D eigenvalue weighted by molar-refractivity contribution is -0.140. The molecule has 6 nitrogen and oxygen atoms in total. The van der Waals surface area contributed by atoms with Crippen molar-refractivity contribution in [3.05, 3.63) is 30.1 Å².